The van der Waals surface area contributed by atoms with Gasteiger partial charge in [-0.1, -0.05) is 0 Å². The number of nitrogens with zero attached hydrogens (tertiary/aromatic N) is 2. The standard InChI is InChI=1S/C12H25N3/c1-12(2,13-3)10-14-6-8-15(9-7-14)11-4-5-11/h11,13H,4-10H2,1-3H3. The van der Waals surface area contributed by atoms with Gasteiger partial charge in [0.2, 0.25) is 0 Å². The summed E-state index contributed by atoms with van der Waals surface area (Å²) in [5.74, 6) is 0. The number of rotatable bonds is 4. The molecule has 0 spiro atoms. The van der Waals surface area contributed by atoms with Gasteiger partial charge in [0.1, 0.15) is 0 Å². The van der Waals surface area contributed by atoms with Gasteiger partial charge in [0, 0.05) is 44.3 Å². The average molecular weight is 211 g/mol. The van der Waals surface area contributed by atoms with Crippen molar-refractivity contribution >= 4 is 0 Å². The molecule has 2 rings (SSSR count). The quantitative estimate of drug-likeness (QED) is 0.741. The van der Waals surface area contributed by atoms with Crippen molar-refractivity contribution in [1.82, 2.24) is 15.1 Å². The minimum Gasteiger partial charge on any atom is -0.314 e. The largest absolute Gasteiger partial charge is 0.314 e. The number of hydrogen-bond donors (Lipinski definition) is 1. The molecule has 0 bridgehead atoms. The number of hydrogen-bond acceptors (Lipinski definition) is 3. The summed E-state index contributed by atoms with van der Waals surface area (Å²) in [5.41, 5.74) is 0.252. The van der Waals surface area contributed by atoms with Crippen molar-refractivity contribution in [3.63, 3.8) is 0 Å². The zero-order chi connectivity index (χ0) is 10.9. The van der Waals surface area contributed by atoms with Gasteiger partial charge in [0.05, 0.1) is 0 Å². The topological polar surface area (TPSA) is 18.5 Å². The molecule has 0 amide bonds. The van der Waals surface area contributed by atoms with Crippen LogP contribution in [0.1, 0.15) is 26.7 Å². The molecule has 0 unspecified atom stereocenters. The van der Waals surface area contributed by atoms with Crippen LogP contribution in [-0.4, -0.2) is 61.2 Å². The Bertz CT molecular complexity index is 203. The zero-order valence-electron chi connectivity index (χ0n) is 10.4. The Balaban J connectivity index is 1.73. The summed E-state index contributed by atoms with van der Waals surface area (Å²) in [6, 6.07) is 0.949. The van der Waals surface area contributed by atoms with Crippen LogP contribution in [0.3, 0.4) is 0 Å². The summed E-state index contributed by atoms with van der Waals surface area (Å²) >= 11 is 0. The van der Waals surface area contributed by atoms with E-state index in [2.05, 4.69) is 36.0 Å². The van der Waals surface area contributed by atoms with Crippen molar-refractivity contribution in [3.8, 4) is 0 Å². The monoisotopic (exact) mass is 211 g/mol. The molecule has 0 atom stereocenters. The third-order valence-corrected chi connectivity index (χ3v) is 3.77. The first-order chi connectivity index (χ1) is 7.11. The van der Waals surface area contributed by atoms with E-state index in [0.717, 1.165) is 6.04 Å². The molecular weight excluding hydrogens is 186 g/mol. The highest BCUT2D eigenvalue weighted by Crippen LogP contribution is 2.27. The Morgan fingerprint density at radius 3 is 2.20 bits per heavy atom. The van der Waals surface area contributed by atoms with Crippen LogP contribution >= 0.6 is 0 Å². The predicted molar refractivity (Wildman–Crippen MR) is 64.2 cm³/mol. The second-order valence-corrected chi connectivity index (χ2v) is 5.68. The van der Waals surface area contributed by atoms with Gasteiger partial charge in [-0.25, -0.2) is 0 Å². The summed E-state index contributed by atoms with van der Waals surface area (Å²) in [6.45, 7) is 10.8. The third kappa shape index (κ3) is 3.16. The molecule has 3 nitrogen and oxygen atoms in total. The summed E-state index contributed by atoms with van der Waals surface area (Å²) in [4.78, 5) is 5.26. The molecule has 0 aromatic rings. The average Bonchev–Trinajstić information content (AvgIpc) is 3.02. The van der Waals surface area contributed by atoms with Gasteiger partial charge in [0.25, 0.3) is 0 Å². The Hall–Kier alpha value is -0.120. The van der Waals surface area contributed by atoms with Crippen LogP contribution in [-0.2, 0) is 0 Å². The maximum absolute atomic E-state index is 3.38. The highest BCUT2D eigenvalue weighted by molar-refractivity contribution is 4.89. The lowest BCUT2D eigenvalue weighted by Gasteiger charge is -2.39. The molecule has 15 heavy (non-hydrogen) atoms. The van der Waals surface area contributed by atoms with E-state index >= 15 is 0 Å². The van der Waals surface area contributed by atoms with Gasteiger partial charge in [-0.2, -0.15) is 0 Å². The van der Waals surface area contributed by atoms with Crippen molar-refractivity contribution in [2.75, 3.05) is 39.8 Å². The number of likely N-dealkylation sites (N-methyl/N-ethyl adjacent to an activating group) is 1. The van der Waals surface area contributed by atoms with Crippen molar-refractivity contribution in [3.05, 3.63) is 0 Å². The zero-order valence-corrected chi connectivity index (χ0v) is 10.4. The minimum absolute atomic E-state index is 0.252. The molecule has 1 heterocycles. The molecule has 1 saturated heterocycles. The molecule has 3 heteroatoms. The van der Waals surface area contributed by atoms with E-state index < -0.39 is 0 Å². The van der Waals surface area contributed by atoms with Crippen LogP contribution < -0.4 is 5.32 Å². The highest BCUT2D eigenvalue weighted by Gasteiger charge is 2.32. The lowest BCUT2D eigenvalue weighted by molar-refractivity contribution is 0.105. The molecule has 88 valence electrons. The lowest BCUT2D eigenvalue weighted by Crippen LogP contribution is -2.54. The van der Waals surface area contributed by atoms with Crippen LogP contribution in [0, 0.1) is 0 Å². The second kappa shape index (κ2) is 4.40. The summed E-state index contributed by atoms with van der Waals surface area (Å²) < 4.78 is 0. The first kappa shape index (κ1) is 11.4. The third-order valence-electron chi connectivity index (χ3n) is 3.77. The van der Waals surface area contributed by atoms with E-state index in [4.69, 9.17) is 0 Å². The SMILES string of the molecule is CNC(C)(C)CN1CCN(C2CC2)CC1. The first-order valence-electron chi connectivity index (χ1n) is 6.26. The van der Waals surface area contributed by atoms with E-state index in [1.807, 2.05) is 0 Å². The lowest BCUT2D eigenvalue weighted by atomic mass is 10.0. The molecule has 2 aliphatic rings. The Labute approximate surface area is 93.8 Å². The van der Waals surface area contributed by atoms with E-state index in [-0.39, 0.29) is 5.54 Å². The Morgan fingerprint density at radius 2 is 1.73 bits per heavy atom. The summed E-state index contributed by atoms with van der Waals surface area (Å²) in [5, 5.41) is 3.38. The Morgan fingerprint density at radius 1 is 1.13 bits per heavy atom. The van der Waals surface area contributed by atoms with Crippen LogP contribution in [0.2, 0.25) is 0 Å². The van der Waals surface area contributed by atoms with Crippen LogP contribution in [0.25, 0.3) is 0 Å². The van der Waals surface area contributed by atoms with Crippen LogP contribution in [0.4, 0.5) is 0 Å². The molecule has 1 N–H and O–H groups in total. The minimum atomic E-state index is 0.252. The van der Waals surface area contributed by atoms with Gasteiger partial charge in [0.15, 0.2) is 0 Å². The van der Waals surface area contributed by atoms with Crippen molar-refractivity contribution < 1.29 is 0 Å². The smallest absolute Gasteiger partial charge is 0.0249 e. The first-order valence-corrected chi connectivity index (χ1v) is 6.26. The molecule has 0 aromatic heterocycles. The van der Waals surface area contributed by atoms with Gasteiger partial charge in [-0.05, 0) is 33.7 Å². The summed E-state index contributed by atoms with van der Waals surface area (Å²) in [7, 11) is 2.06. The summed E-state index contributed by atoms with van der Waals surface area (Å²) in [6.07, 6.45) is 2.89. The second-order valence-electron chi connectivity index (χ2n) is 5.68. The van der Waals surface area contributed by atoms with Gasteiger partial charge in [-0.3, -0.25) is 9.80 Å². The fourth-order valence-corrected chi connectivity index (χ4v) is 2.36. The fraction of sp³-hybridized carbons (Fsp3) is 1.00. The van der Waals surface area contributed by atoms with Gasteiger partial charge in [-0.15, -0.1) is 0 Å². The normalized spacial score (nSPS) is 25.8. The highest BCUT2D eigenvalue weighted by atomic mass is 15.3. The maximum atomic E-state index is 3.38. The van der Waals surface area contributed by atoms with Crippen molar-refractivity contribution in [2.24, 2.45) is 0 Å². The van der Waals surface area contributed by atoms with E-state index in [1.165, 1.54) is 45.6 Å². The van der Waals surface area contributed by atoms with Crippen molar-refractivity contribution in [2.45, 2.75) is 38.3 Å². The number of nitrogens with one attached hydrogen (secondary N) is 1. The predicted octanol–water partition coefficient (Wildman–Crippen LogP) is 0.764. The van der Waals surface area contributed by atoms with Crippen LogP contribution in [0.5, 0.6) is 0 Å². The van der Waals surface area contributed by atoms with E-state index in [9.17, 15) is 0 Å². The van der Waals surface area contributed by atoms with Gasteiger partial charge < -0.3 is 5.32 Å². The molecule has 1 saturated carbocycles. The molecule has 1 aliphatic carbocycles. The maximum Gasteiger partial charge on any atom is 0.0249 e. The fourth-order valence-electron chi connectivity index (χ4n) is 2.36. The molecular formula is C12H25N3. The molecule has 0 aromatic carbocycles. The van der Waals surface area contributed by atoms with E-state index in [0.29, 0.717) is 0 Å². The van der Waals surface area contributed by atoms with E-state index in [1.54, 1.807) is 0 Å². The molecule has 2 fully saturated rings. The van der Waals surface area contributed by atoms with Gasteiger partial charge >= 0.3 is 0 Å². The molecule has 0 radical (unpaired) electrons. The van der Waals surface area contributed by atoms with Crippen molar-refractivity contribution in [1.29, 1.82) is 0 Å². The van der Waals surface area contributed by atoms with Crippen LogP contribution in [0.15, 0.2) is 0 Å². The molecule has 1 aliphatic heterocycles. The Kier molecular flexibility index (Phi) is 3.33. The number of piperazine rings is 1.